The van der Waals surface area contributed by atoms with Crippen LogP contribution in [0.1, 0.15) is 55.3 Å². The highest BCUT2D eigenvalue weighted by atomic mass is 32.2. The normalized spacial score (nSPS) is 21.5. The fourth-order valence-corrected chi connectivity index (χ4v) is 8.27. The zero-order chi connectivity index (χ0) is 30.1. The number of rotatable bonds is 8. The Bertz CT molecular complexity index is 1460. The molecule has 1 aliphatic rings. The Hall–Kier alpha value is -2.59. The van der Waals surface area contributed by atoms with Crippen molar-refractivity contribution >= 4 is 53.9 Å². The van der Waals surface area contributed by atoms with Crippen molar-refractivity contribution in [2.24, 2.45) is 5.92 Å². The number of nitrogens with zero attached hydrogens (tertiary/aromatic N) is 2. The third-order valence-corrected chi connectivity index (χ3v) is 10.9. The van der Waals surface area contributed by atoms with Crippen LogP contribution in [-0.2, 0) is 21.0 Å². The van der Waals surface area contributed by atoms with Crippen molar-refractivity contribution in [2.75, 3.05) is 6.54 Å². The van der Waals surface area contributed by atoms with Gasteiger partial charge in [0, 0.05) is 28.2 Å². The lowest BCUT2D eigenvalue weighted by molar-refractivity contribution is -0.137. The first-order valence-corrected chi connectivity index (χ1v) is 16.1. The standard InChI is InChI=1S/C26H31F3N4O5S3/c1-14(2)10-18(32-25(36)22-11-21-20(40-22)8-9-39-21)24(35)31-17-6-4-15(3)33(13-19(17)34)41(37,38)23-7-5-16(12-30-23)26(27,28)29/h5,7-9,11-12,14-15,17-19,34H,4,6,10,13H2,1-3H3,(H,31,35)(H,32,36)/t15-,17+,18+,19+/m1/s1. The molecule has 3 aromatic heterocycles. The van der Waals surface area contributed by atoms with Crippen LogP contribution in [0.5, 0.6) is 0 Å². The average Bonchev–Trinajstić information content (AvgIpc) is 3.47. The van der Waals surface area contributed by atoms with Gasteiger partial charge in [0.2, 0.25) is 5.91 Å². The number of thiophene rings is 2. The molecule has 4 atom stereocenters. The predicted molar refractivity (Wildman–Crippen MR) is 150 cm³/mol. The zero-order valence-electron chi connectivity index (χ0n) is 22.5. The topological polar surface area (TPSA) is 129 Å². The first kappa shape index (κ1) is 31.3. The van der Waals surface area contributed by atoms with E-state index in [1.54, 1.807) is 13.0 Å². The van der Waals surface area contributed by atoms with Crippen LogP contribution in [-0.4, -0.2) is 65.4 Å². The van der Waals surface area contributed by atoms with Gasteiger partial charge in [-0.3, -0.25) is 9.59 Å². The van der Waals surface area contributed by atoms with Crippen molar-refractivity contribution in [1.29, 1.82) is 0 Å². The fourth-order valence-electron chi connectivity index (χ4n) is 4.67. The molecule has 3 N–H and O–H groups in total. The monoisotopic (exact) mass is 632 g/mol. The Balaban J connectivity index is 1.46. The van der Waals surface area contributed by atoms with Crippen LogP contribution >= 0.6 is 22.7 Å². The summed E-state index contributed by atoms with van der Waals surface area (Å²) in [7, 11) is -4.34. The van der Waals surface area contributed by atoms with E-state index in [1.165, 1.54) is 22.7 Å². The van der Waals surface area contributed by atoms with Crippen LogP contribution < -0.4 is 10.6 Å². The molecule has 0 aliphatic carbocycles. The van der Waals surface area contributed by atoms with E-state index in [2.05, 4.69) is 15.6 Å². The Morgan fingerprint density at radius 3 is 2.54 bits per heavy atom. The Labute approximate surface area is 243 Å². The van der Waals surface area contributed by atoms with E-state index in [0.717, 1.165) is 19.8 Å². The summed E-state index contributed by atoms with van der Waals surface area (Å²) in [6, 6.07) is 2.81. The van der Waals surface area contributed by atoms with E-state index < -0.39 is 63.5 Å². The van der Waals surface area contributed by atoms with Gasteiger partial charge in [0.05, 0.1) is 22.6 Å². The molecule has 9 nitrogen and oxygen atoms in total. The molecule has 0 aromatic carbocycles. The van der Waals surface area contributed by atoms with Gasteiger partial charge in [-0.25, -0.2) is 13.4 Å². The van der Waals surface area contributed by atoms with Crippen molar-refractivity contribution in [3.8, 4) is 0 Å². The summed E-state index contributed by atoms with van der Waals surface area (Å²) in [6.45, 7) is 5.04. The molecule has 0 saturated carbocycles. The van der Waals surface area contributed by atoms with Crippen LogP contribution in [0.4, 0.5) is 13.2 Å². The van der Waals surface area contributed by atoms with Crippen LogP contribution in [0.15, 0.2) is 40.9 Å². The number of hydrogen-bond donors (Lipinski definition) is 3. The molecular weight excluding hydrogens is 602 g/mol. The van der Waals surface area contributed by atoms with Gasteiger partial charge in [0.25, 0.3) is 15.9 Å². The molecule has 1 aliphatic heterocycles. The number of aliphatic hydroxyl groups is 1. The number of halogens is 3. The van der Waals surface area contributed by atoms with Gasteiger partial charge in [-0.1, -0.05) is 13.8 Å². The number of carbonyl (C=O) groups excluding carboxylic acids is 2. The molecule has 0 bridgehead atoms. The Kier molecular flexibility index (Phi) is 9.43. The summed E-state index contributed by atoms with van der Waals surface area (Å²) in [5.41, 5.74) is -1.08. The number of pyridine rings is 1. The minimum Gasteiger partial charge on any atom is -0.390 e. The number of alkyl halides is 3. The minimum absolute atomic E-state index is 0.0637. The quantitative estimate of drug-likeness (QED) is 0.341. The van der Waals surface area contributed by atoms with Crippen molar-refractivity contribution in [1.82, 2.24) is 19.9 Å². The molecule has 0 unspecified atom stereocenters. The average molecular weight is 633 g/mol. The number of carbonyl (C=O) groups is 2. The van der Waals surface area contributed by atoms with Crippen LogP contribution in [0.2, 0.25) is 0 Å². The molecule has 15 heteroatoms. The van der Waals surface area contributed by atoms with Crippen molar-refractivity contribution < 1.29 is 36.3 Å². The lowest BCUT2D eigenvalue weighted by Crippen LogP contribution is -2.54. The molecule has 1 saturated heterocycles. The molecular formula is C26H31F3N4O5S3. The van der Waals surface area contributed by atoms with E-state index >= 15 is 0 Å². The summed E-state index contributed by atoms with van der Waals surface area (Å²) in [6.07, 6.45) is -4.68. The first-order chi connectivity index (χ1) is 19.2. The maximum atomic E-state index is 13.3. The van der Waals surface area contributed by atoms with Crippen molar-refractivity contribution in [2.45, 2.75) is 75.5 Å². The second-order valence-electron chi connectivity index (χ2n) is 10.5. The molecule has 4 rings (SSSR count). The van der Waals surface area contributed by atoms with Crippen LogP contribution in [0.25, 0.3) is 9.40 Å². The number of nitrogens with one attached hydrogen (secondary N) is 2. The van der Waals surface area contributed by atoms with Gasteiger partial charge in [0.1, 0.15) is 6.04 Å². The lowest BCUT2D eigenvalue weighted by Gasteiger charge is -2.28. The summed E-state index contributed by atoms with van der Waals surface area (Å²) < 4.78 is 68.2. The Morgan fingerprint density at radius 1 is 1.20 bits per heavy atom. The number of amides is 2. The summed E-state index contributed by atoms with van der Waals surface area (Å²) in [4.78, 5) is 30.3. The largest absolute Gasteiger partial charge is 0.417 e. The van der Waals surface area contributed by atoms with E-state index in [1.807, 2.05) is 25.3 Å². The van der Waals surface area contributed by atoms with Gasteiger partial charge < -0.3 is 15.7 Å². The van der Waals surface area contributed by atoms with Gasteiger partial charge >= 0.3 is 6.18 Å². The third kappa shape index (κ3) is 7.25. The molecule has 0 radical (unpaired) electrons. The van der Waals surface area contributed by atoms with Crippen LogP contribution in [0, 0.1) is 5.92 Å². The van der Waals surface area contributed by atoms with Gasteiger partial charge in [-0.15, -0.1) is 22.7 Å². The molecule has 41 heavy (non-hydrogen) atoms. The lowest BCUT2D eigenvalue weighted by atomic mass is 10.0. The Morgan fingerprint density at radius 2 is 1.93 bits per heavy atom. The second kappa shape index (κ2) is 12.3. The molecule has 0 spiro atoms. The predicted octanol–water partition coefficient (Wildman–Crippen LogP) is 4.24. The molecule has 1 fully saturated rings. The van der Waals surface area contributed by atoms with E-state index in [4.69, 9.17) is 0 Å². The minimum atomic E-state index is -4.67. The molecule has 4 heterocycles. The number of sulfonamides is 1. The smallest absolute Gasteiger partial charge is 0.390 e. The number of fused-ring (bicyclic) bond motifs is 1. The number of aromatic nitrogens is 1. The highest BCUT2D eigenvalue weighted by Gasteiger charge is 2.39. The highest BCUT2D eigenvalue weighted by molar-refractivity contribution is 7.89. The third-order valence-electron chi connectivity index (χ3n) is 6.87. The maximum absolute atomic E-state index is 13.3. The first-order valence-electron chi connectivity index (χ1n) is 13.0. The maximum Gasteiger partial charge on any atom is 0.417 e. The zero-order valence-corrected chi connectivity index (χ0v) is 25.0. The van der Waals surface area contributed by atoms with Gasteiger partial charge in [0.15, 0.2) is 5.03 Å². The second-order valence-corrected chi connectivity index (χ2v) is 14.4. The highest BCUT2D eigenvalue weighted by Crippen LogP contribution is 2.31. The van der Waals surface area contributed by atoms with E-state index in [9.17, 15) is 36.3 Å². The number of β-amino-alcohol motifs (C(OH)–C–C–N with tert-alkyl or cyclic N) is 1. The van der Waals surface area contributed by atoms with Gasteiger partial charge in [-0.05, 0) is 61.7 Å². The number of hydrogen-bond acceptors (Lipinski definition) is 8. The van der Waals surface area contributed by atoms with Crippen LogP contribution in [0.3, 0.4) is 0 Å². The van der Waals surface area contributed by atoms with Crippen molar-refractivity contribution in [3.63, 3.8) is 0 Å². The van der Waals surface area contributed by atoms with E-state index in [-0.39, 0.29) is 24.7 Å². The fraction of sp³-hybridized carbons (Fsp3) is 0.500. The summed E-state index contributed by atoms with van der Waals surface area (Å²) >= 11 is 2.85. The summed E-state index contributed by atoms with van der Waals surface area (Å²) in [5.74, 6) is -0.813. The number of aliphatic hydroxyl groups excluding tert-OH is 1. The van der Waals surface area contributed by atoms with E-state index in [0.29, 0.717) is 23.6 Å². The SMILES string of the molecule is CC(C)C[C@H](NC(=O)c1cc2sccc2s1)C(=O)N[C@H]1CC[C@@H](C)N(S(=O)(=O)c2ccc(C(F)(F)F)cn2)C[C@@H]1O. The summed E-state index contributed by atoms with van der Waals surface area (Å²) in [5, 5.41) is 17.9. The molecule has 3 aromatic rings. The van der Waals surface area contributed by atoms with Gasteiger partial charge in [-0.2, -0.15) is 17.5 Å². The molecule has 2 amide bonds. The van der Waals surface area contributed by atoms with Crippen molar-refractivity contribution in [3.05, 3.63) is 46.3 Å². The molecule has 224 valence electrons.